The summed E-state index contributed by atoms with van der Waals surface area (Å²) in [7, 11) is 2.10. The molecule has 0 aromatic carbocycles. The quantitative estimate of drug-likeness (QED) is 0.697. The highest BCUT2D eigenvalue weighted by atomic mass is 127. The first-order valence-electron chi connectivity index (χ1n) is 3.12. The Bertz CT molecular complexity index is 68.1. The molecule has 0 saturated carbocycles. The lowest BCUT2D eigenvalue weighted by Gasteiger charge is -2.19. The van der Waals surface area contributed by atoms with Crippen molar-refractivity contribution in [3.63, 3.8) is 0 Å². The highest BCUT2D eigenvalue weighted by molar-refractivity contribution is 14.1. The van der Waals surface area contributed by atoms with Crippen molar-refractivity contribution in [3.05, 3.63) is 0 Å². The van der Waals surface area contributed by atoms with Gasteiger partial charge in [0, 0.05) is 12.6 Å². The Morgan fingerprint density at radius 3 is 2.44 bits per heavy atom. The van der Waals surface area contributed by atoms with E-state index in [1.807, 2.05) is 23.0 Å². The van der Waals surface area contributed by atoms with E-state index in [0.29, 0.717) is 6.04 Å². The average Bonchev–Trinajstić information content (AvgIpc) is 1.82. The van der Waals surface area contributed by atoms with Crippen molar-refractivity contribution in [2.75, 3.05) is 20.2 Å². The third-order valence-corrected chi connectivity index (χ3v) is 1.84. The molecule has 9 heavy (non-hydrogen) atoms. The van der Waals surface area contributed by atoms with E-state index in [2.05, 4.69) is 25.8 Å². The van der Waals surface area contributed by atoms with Crippen molar-refractivity contribution in [3.8, 4) is 0 Å². The maximum absolute atomic E-state index is 4.89. The van der Waals surface area contributed by atoms with E-state index in [-0.39, 0.29) is 0 Å². The summed E-state index contributed by atoms with van der Waals surface area (Å²) < 4.78 is 4.89. The molecule has 0 aliphatic heterocycles. The van der Waals surface area contributed by atoms with Crippen molar-refractivity contribution in [2.24, 2.45) is 0 Å². The molecule has 0 aliphatic rings. The van der Waals surface area contributed by atoms with Gasteiger partial charge in [-0.15, -0.1) is 0 Å². The molecule has 0 amide bonds. The molecule has 0 saturated heterocycles. The fourth-order valence-corrected chi connectivity index (χ4v) is 0.634. The zero-order valence-corrected chi connectivity index (χ0v) is 8.38. The molecule has 0 heterocycles. The second-order valence-electron chi connectivity index (χ2n) is 2.39. The first kappa shape index (κ1) is 9.65. The van der Waals surface area contributed by atoms with Crippen LogP contribution in [-0.4, -0.2) is 31.1 Å². The first-order valence-corrected chi connectivity index (χ1v) is 4.00. The van der Waals surface area contributed by atoms with Gasteiger partial charge in [-0.2, -0.15) is 0 Å². The maximum Gasteiger partial charge on any atom is 0.109 e. The highest BCUT2D eigenvalue weighted by Gasteiger charge is 2.00. The maximum atomic E-state index is 4.89. The summed E-state index contributed by atoms with van der Waals surface area (Å²) in [4.78, 5) is 2.25. The minimum atomic E-state index is 0.622. The largest absolute Gasteiger partial charge is 0.314 e. The van der Waals surface area contributed by atoms with E-state index < -0.39 is 0 Å². The summed E-state index contributed by atoms with van der Waals surface area (Å²) in [6, 6.07) is 0.622. The van der Waals surface area contributed by atoms with Gasteiger partial charge in [-0.25, -0.2) is 0 Å². The molecule has 0 fully saturated rings. The second kappa shape index (κ2) is 5.44. The van der Waals surface area contributed by atoms with E-state index in [0.717, 1.165) is 13.2 Å². The van der Waals surface area contributed by atoms with E-state index >= 15 is 0 Å². The molecule has 56 valence electrons. The van der Waals surface area contributed by atoms with Crippen LogP contribution < -0.4 is 0 Å². The Balaban J connectivity index is 3.16. The van der Waals surface area contributed by atoms with Crippen LogP contribution in [0.5, 0.6) is 0 Å². The predicted octanol–water partition coefficient (Wildman–Crippen LogP) is 1.69. The summed E-state index contributed by atoms with van der Waals surface area (Å²) in [6.07, 6.45) is 0. The zero-order valence-electron chi connectivity index (χ0n) is 6.22. The number of hydrogen-bond donors (Lipinski definition) is 0. The Kier molecular flexibility index (Phi) is 5.83. The summed E-state index contributed by atoms with van der Waals surface area (Å²) in [5.41, 5.74) is 0. The van der Waals surface area contributed by atoms with Gasteiger partial charge in [0.25, 0.3) is 0 Å². The number of likely N-dealkylation sites (N-methyl/N-ethyl adjacent to an activating group) is 1. The molecule has 0 bridgehead atoms. The smallest absolute Gasteiger partial charge is 0.109 e. The molecule has 0 aromatic heterocycles. The molecule has 0 aliphatic carbocycles. The van der Waals surface area contributed by atoms with Crippen LogP contribution in [0.1, 0.15) is 13.8 Å². The standard InChI is InChI=1S/C6H14INO/c1-6(2)8(3)4-5-9-7/h6H,4-5H2,1-3H3. The Labute approximate surface area is 71.3 Å². The van der Waals surface area contributed by atoms with E-state index in [4.69, 9.17) is 3.07 Å². The summed E-state index contributed by atoms with van der Waals surface area (Å²) in [5.74, 6) is 0. The molecular formula is C6H14INO. The fraction of sp³-hybridized carbons (Fsp3) is 1.00. The lowest BCUT2D eigenvalue weighted by atomic mass is 10.3. The monoisotopic (exact) mass is 243 g/mol. The van der Waals surface area contributed by atoms with Gasteiger partial charge >= 0.3 is 0 Å². The van der Waals surface area contributed by atoms with Gasteiger partial charge in [0.05, 0.1) is 6.61 Å². The fourth-order valence-electron chi connectivity index (χ4n) is 0.437. The van der Waals surface area contributed by atoms with Gasteiger partial charge in [0.1, 0.15) is 23.0 Å². The van der Waals surface area contributed by atoms with Crippen LogP contribution in [0.3, 0.4) is 0 Å². The van der Waals surface area contributed by atoms with Crippen LogP contribution in [0, 0.1) is 0 Å². The van der Waals surface area contributed by atoms with E-state index in [1.165, 1.54) is 0 Å². The van der Waals surface area contributed by atoms with Gasteiger partial charge in [-0.1, -0.05) is 0 Å². The van der Waals surface area contributed by atoms with Crippen LogP contribution in [0.15, 0.2) is 0 Å². The minimum absolute atomic E-state index is 0.622. The average molecular weight is 243 g/mol. The van der Waals surface area contributed by atoms with E-state index in [1.54, 1.807) is 0 Å². The lowest BCUT2D eigenvalue weighted by Crippen LogP contribution is -2.29. The topological polar surface area (TPSA) is 12.5 Å². The van der Waals surface area contributed by atoms with Crippen LogP contribution in [0.4, 0.5) is 0 Å². The molecule has 0 radical (unpaired) electrons. The van der Waals surface area contributed by atoms with Crippen LogP contribution in [0.25, 0.3) is 0 Å². The van der Waals surface area contributed by atoms with Crippen LogP contribution >= 0.6 is 23.0 Å². The number of rotatable bonds is 4. The van der Waals surface area contributed by atoms with E-state index in [9.17, 15) is 0 Å². The first-order chi connectivity index (χ1) is 4.18. The van der Waals surface area contributed by atoms with Crippen LogP contribution in [0.2, 0.25) is 0 Å². The normalized spacial score (nSPS) is 11.3. The molecule has 0 rings (SSSR count). The van der Waals surface area contributed by atoms with Crippen molar-refractivity contribution in [1.29, 1.82) is 0 Å². The molecule has 0 unspecified atom stereocenters. The summed E-state index contributed by atoms with van der Waals surface area (Å²) in [6.45, 7) is 6.18. The molecule has 0 aromatic rings. The Morgan fingerprint density at radius 1 is 1.56 bits per heavy atom. The molecule has 2 nitrogen and oxygen atoms in total. The van der Waals surface area contributed by atoms with Gasteiger partial charge in [0.2, 0.25) is 0 Å². The van der Waals surface area contributed by atoms with Gasteiger partial charge < -0.3 is 7.97 Å². The second-order valence-corrected chi connectivity index (χ2v) is 3.01. The SMILES string of the molecule is CC(C)N(C)CCOI. The van der Waals surface area contributed by atoms with Gasteiger partial charge in [-0.05, 0) is 20.9 Å². The molecular weight excluding hydrogens is 229 g/mol. The number of nitrogens with zero attached hydrogens (tertiary/aromatic N) is 1. The van der Waals surface area contributed by atoms with Crippen molar-refractivity contribution in [1.82, 2.24) is 4.90 Å². The van der Waals surface area contributed by atoms with Gasteiger partial charge in [0.15, 0.2) is 0 Å². The highest BCUT2D eigenvalue weighted by Crippen LogP contribution is 1.93. The predicted molar refractivity (Wildman–Crippen MR) is 47.7 cm³/mol. The van der Waals surface area contributed by atoms with Gasteiger partial charge in [-0.3, -0.25) is 0 Å². The molecule has 0 atom stereocenters. The van der Waals surface area contributed by atoms with Crippen LogP contribution in [-0.2, 0) is 3.07 Å². The summed E-state index contributed by atoms with van der Waals surface area (Å²) >= 11 is 1.92. The number of hydrogen-bond acceptors (Lipinski definition) is 2. The lowest BCUT2D eigenvalue weighted by molar-refractivity contribution is 0.236. The molecule has 3 heteroatoms. The number of halogens is 1. The Hall–Kier alpha value is 0.650. The van der Waals surface area contributed by atoms with Crippen molar-refractivity contribution in [2.45, 2.75) is 19.9 Å². The van der Waals surface area contributed by atoms with Crippen molar-refractivity contribution >= 4 is 23.0 Å². The molecule has 0 N–H and O–H groups in total. The third kappa shape index (κ3) is 5.11. The zero-order chi connectivity index (χ0) is 7.28. The molecule has 0 spiro atoms. The minimum Gasteiger partial charge on any atom is -0.314 e. The Morgan fingerprint density at radius 2 is 2.11 bits per heavy atom. The summed E-state index contributed by atoms with van der Waals surface area (Å²) in [5, 5.41) is 0. The van der Waals surface area contributed by atoms with Crippen molar-refractivity contribution < 1.29 is 3.07 Å². The third-order valence-electron chi connectivity index (χ3n) is 1.40.